The normalized spacial score (nSPS) is 12.0. The van der Waals surface area contributed by atoms with E-state index in [9.17, 15) is 4.79 Å². The van der Waals surface area contributed by atoms with Crippen molar-refractivity contribution in [3.8, 4) is 0 Å². The van der Waals surface area contributed by atoms with Gasteiger partial charge in [-0.2, -0.15) is 0 Å². The average molecular weight is 280 g/mol. The lowest BCUT2D eigenvalue weighted by Crippen LogP contribution is -2.17. The van der Waals surface area contributed by atoms with Gasteiger partial charge in [-0.05, 0) is 5.41 Å². The first-order chi connectivity index (χ1) is 6.46. The van der Waals surface area contributed by atoms with Crippen LogP contribution >= 0.6 is 27.7 Å². The monoisotopic (exact) mass is 279 g/mol. The summed E-state index contributed by atoms with van der Waals surface area (Å²) in [7, 11) is 1.72. The molecule has 1 aromatic heterocycles. The molecule has 0 bridgehead atoms. The SMILES string of the molecule is Cn1c(SCC(C)(C)CBr)n[nH]c1=O. The second-order valence-electron chi connectivity index (χ2n) is 3.96. The molecular weight excluding hydrogens is 266 g/mol. The van der Waals surface area contributed by atoms with Crippen LogP contribution in [0, 0.1) is 5.41 Å². The summed E-state index contributed by atoms with van der Waals surface area (Å²) in [5.41, 5.74) is 0.0452. The molecule has 0 aromatic carbocycles. The van der Waals surface area contributed by atoms with E-state index in [1.54, 1.807) is 18.8 Å². The van der Waals surface area contributed by atoms with Crippen LogP contribution in [0.5, 0.6) is 0 Å². The van der Waals surface area contributed by atoms with E-state index < -0.39 is 0 Å². The zero-order chi connectivity index (χ0) is 10.8. The fourth-order valence-electron chi connectivity index (χ4n) is 0.760. The number of alkyl halides is 1. The Morgan fingerprint density at radius 1 is 1.64 bits per heavy atom. The number of nitrogens with one attached hydrogen (secondary N) is 1. The molecule has 0 fully saturated rings. The molecule has 80 valence electrons. The fraction of sp³-hybridized carbons (Fsp3) is 0.750. The van der Waals surface area contributed by atoms with E-state index in [1.165, 1.54) is 4.57 Å². The predicted molar refractivity (Wildman–Crippen MR) is 62.1 cm³/mol. The van der Waals surface area contributed by atoms with Crippen molar-refractivity contribution < 1.29 is 0 Å². The number of rotatable bonds is 4. The Morgan fingerprint density at radius 2 is 2.29 bits per heavy atom. The van der Waals surface area contributed by atoms with Crippen LogP contribution in [0.2, 0.25) is 0 Å². The molecule has 1 heterocycles. The third-order valence-electron chi connectivity index (χ3n) is 1.79. The Bertz CT molecular complexity index is 358. The lowest BCUT2D eigenvalue weighted by atomic mass is 10.0. The second kappa shape index (κ2) is 4.53. The van der Waals surface area contributed by atoms with E-state index in [-0.39, 0.29) is 11.1 Å². The summed E-state index contributed by atoms with van der Waals surface area (Å²) in [5.74, 6) is 0.927. The molecule has 0 spiro atoms. The highest BCUT2D eigenvalue weighted by Gasteiger charge is 2.18. The van der Waals surface area contributed by atoms with Crippen LogP contribution in [-0.2, 0) is 7.05 Å². The molecule has 14 heavy (non-hydrogen) atoms. The van der Waals surface area contributed by atoms with Crippen molar-refractivity contribution in [2.75, 3.05) is 11.1 Å². The summed E-state index contributed by atoms with van der Waals surface area (Å²) in [6, 6.07) is 0. The largest absolute Gasteiger partial charge is 0.343 e. The van der Waals surface area contributed by atoms with Gasteiger partial charge in [0, 0.05) is 18.1 Å². The molecule has 1 aromatic rings. The summed E-state index contributed by atoms with van der Waals surface area (Å²) < 4.78 is 1.52. The summed E-state index contributed by atoms with van der Waals surface area (Å²) >= 11 is 5.05. The molecule has 0 unspecified atom stereocenters. The van der Waals surface area contributed by atoms with Crippen molar-refractivity contribution in [3.63, 3.8) is 0 Å². The van der Waals surface area contributed by atoms with E-state index in [1.807, 2.05) is 0 Å². The van der Waals surface area contributed by atoms with Gasteiger partial charge in [-0.1, -0.05) is 41.5 Å². The molecule has 1 rings (SSSR count). The minimum Gasteiger partial charge on any atom is -0.273 e. The maximum absolute atomic E-state index is 11.1. The Hall–Kier alpha value is -0.230. The number of nitrogens with zero attached hydrogens (tertiary/aromatic N) is 2. The minimum absolute atomic E-state index is 0.163. The third kappa shape index (κ3) is 2.88. The van der Waals surface area contributed by atoms with E-state index >= 15 is 0 Å². The van der Waals surface area contributed by atoms with Gasteiger partial charge in [0.25, 0.3) is 0 Å². The molecule has 0 atom stereocenters. The Balaban J connectivity index is 2.63. The number of aromatic amines is 1. The molecule has 4 nitrogen and oxygen atoms in total. The quantitative estimate of drug-likeness (QED) is 0.673. The van der Waals surface area contributed by atoms with Crippen molar-refractivity contribution in [3.05, 3.63) is 10.5 Å². The smallest absolute Gasteiger partial charge is 0.273 e. The number of halogens is 1. The Kier molecular flexibility index (Phi) is 3.83. The number of hydrogen-bond acceptors (Lipinski definition) is 3. The molecule has 0 aliphatic carbocycles. The summed E-state index contributed by atoms with van der Waals surface area (Å²) in [6.07, 6.45) is 0. The topological polar surface area (TPSA) is 50.7 Å². The van der Waals surface area contributed by atoms with Crippen molar-refractivity contribution in [2.45, 2.75) is 19.0 Å². The first-order valence-corrected chi connectivity index (χ1v) is 6.37. The van der Waals surface area contributed by atoms with Crippen molar-refractivity contribution >= 4 is 27.7 Å². The van der Waals surface area contributed by atoms with Gasteiger partial charge in [0.1, 0.15) is 0 Å². The molecule has 0 saturated heterocycles. The number of aromatic nitrogens is 3. The summed E-state index contributed by atoms with van der Waals surface area (Å²) in [6.45, 7) is 4.33. The van der Waals surface area contributed by atoms with E-state index in [2.05, 4.69) is 40.0 Å². The lowest BCUT2D eigenvalue weighted by molar-refractivity contribution is 0.495. The molecular formula is C8H14BrN3OS. The molecule has 0 aliphatic heterocycles. The zero-order valence-electron chi connectivity index (χ0n) is 8.50. The maximum Gasteiger partial charge on any atom is 0.343 e. The van der Waals surface area contributed by atoms with E-state index in [4.69, 9.17) is 0 Å². The molecule has 0 amide bonds. The van der Waals surface area contributed by atoms with Crippen molar-refractivity contribution in [1.29, 1.82) is 0 Å². The zero-order valence-corrected chi connectivity index (χ0v) is 10.9. The number of H-pyrrole nitrogens is 1. The standard InChI is InChI=1S/C8H14BrN3OS/c1-8(2,4-9)5-14-7-11-10-6(13)12(7)3/h4-5H2,1-3H3,(H,10,13). The van der Waals surface area contributed by atoms with Crippen LogP contribution in [0.4, 0.5) is 0 Å². The van der Waals surface area contributed by atoms with Crippen LogP contribution in [-0.4, -0.2) is 25.8 Å². The van der Waals surface area contributed by atoms with Gasteiger partial charge in [0.15, 0.2) is 5.16 Å². The van der Waals surface area contributed by atoms with Crippen LogP contribution in [0.3, 0.4) is 0 Å². The van der Waals surface area contributed by atoms with Gasteiger partial charge in [0.2, 0.25) is 0 Å². The molecule has 0 aliphatic rings. The average Bonchev–Trinajstić information content (AvgIpc) is 2.45. The highest BCUT2D eigenvalue weighted by atomic mass is 79.9. The van der Waals surface area contributed by atoms with Gasteiger partial charge in [-0.25, -0.2) is 9.89 Å². The first-order valence-electron chi connectivity index (χ1n) is 4.26. The van der Waals surface area contributed by atoms with E-state index in [0.717, 1.165) is 16.2 Å². The van der Waals surface area contributed by atoms with Gasteiger partial charge in [-0.3, -0.25) is 4.57 Å². The molecule has 0 radical (unpaired) electrons. The minimum atomic E-state index is -0.163. The predicted octanol–water partition coefficient (Wildman–Crippen LogP) is 1.62. The molecule has 1 N–H and O–H groups in total. The Labute approximate surface area is 95.6 Å². The van der Waals surface area contributed by atoms with Crippen molar-refractivity contribution in [1.82, 2.24) is 14.8 Å². The van der Waals surface area contributed by atoms with Gasteiger partial charge in [0.05, 0.1) is 0 Å². The lowest BCUT2D eigenvalue weighted by Gasteiger charge is -2.19. The van der Waals surface area contributed by atoms with Crippen LogP contribution in [0.15, 0.2) is 9.95 Å². The maximum atomic E-state index is 11.1. The van der Waals surface area contributed by atoms with Gasteiger partial charge >= 0.3 is 5.69 Å². The van der Waals surface area contributed by atoms with Crippen LogP contribution in [0.25, 0.3) is 0 Å². The molecule has 0 saturated carbocycles. The van der Waals surface area contributed by atoms with Gasteiger partial charge < -0.3 is 0 Å². The van der Waals surface area contributed by atoms with Crippen LogP contribution in [0.1, 0.15) is 13.8 Å². The second-order valence-corrected chi connectivity index (χ2v) is 5.46. The van der Waals surface area contributed by atoms with Gasteiger partial charge in [-0.15, -0.1) is 5.10 Å². The Morgan fingerprint density at radius 3 is 2.71 bits per heavy atom. The summed E-state index contributed by atoms with van der Waals surface area (Å²) in [4.78, 5) is 11.1. The summed E-state index contributed by atoms with van der Waals surface area (Å²) in [5, 5.41) is 8.02. The highest BCUT2D eigenvalue weighted by Crippen LogP contribution is 2.26. The van der Waals surface area contributed by atoms with E-state index in [0.29, 0.717) is 0 Å². The fourth-order valence-corrected chi connectivity index (χ4v) is 2.23. The van der Waals surface area contributed by atoms with Crippen molar-refractivity contribution in [2.24, 2.45) is 12.5 Å². The number of thioether (sulfide) groups is 1. The molecule has 6 heteroatoms. The highest BCUT2D eigenvalue weighted by molar-refractivity contribution is 9.09. The first kappa shape index (κ1) is 11.8. The third-order valence-corrected chi connectivity index (χ3v) is 4.86. The number of hydrogen-bond donors (Lipinski definition) is 1. The van der Waals surface area contributed by atoms with Crippen LogP contribution < -0.4 is 5.69 Å².